The first-order chi connectivity index (χ1) is 8.50. The molecule has 0 bridgehead atoms. The van der Waals surface area contributed by atoms with Gasteiger partial charge in [-0.05, 0) is 31.4 Å². The van der Waals surface area contributed by atoms with Crippen molar-refractivity contribution in [3.63, 3.8) is 0 Å². The lowest BCUT2D eigenvalue weighted by Gasteiger charge is -2.23. The molecule has 1 aliphatic rings. The molecule has 5 heteroatoms. The molecule has 5 nitrogen and oxygen atoms in total. The molecule has 0 aliphatic carbocycles. The zero-order chi connectivity index (χ0) is 13.2. The number of carbonyl (C=O) groups excluding carboxylic acids is 1. The molecule has 100 valence electrons. The minimum Gasteiger partial charge on any atom is -0.466 e. The monoisotopic (exact) mass is 253 g/mol. The average molecular weight is 253 g/mol. The zero-order valence-electron chi connectivity index (χ0n) is 10.7. The lowest BCUT2D eigenvalue weighted by molar-refractivity contribution is -0.132. The van der Waals surface area contributed by atoms with Crippen LogP contribution in [0.5, 0.6) is 0 Å². The van der Waals surface area contributed by atoms with Crippen LogP contribution in [0.15, 0.2) is 22.8 Å². The number of hydrogen-bond donors (Lipinski definition) is 2. The van der Waals surface area contributed by atoms with Crippen LogP contribution in [0, 0.1) is 5.92 Å². The summed E-state index contributed by atoms with van der Waals surface area (Å²) in [5.41, 5.74) is -1.21. The van der Waals surface area contributed by atoms with Gasteiger partial charge in [0.1, 0.15) is 17.5 Å². The van der Waals surface area contributed by atoms with Gasteiger partial charge in [-0.25, -0.2) is 0 Å². The van der Waals surface area contributed by atoms with Crippen molar-refractivity contribution in [2.24, 2.45) is 5.92 Å². The SMILES string of the molecule is CC1CCOC1C(=O)NCC(C)(O)c1ccco1. The second-order valence-corrected chi connectivity index (χ2v) is 5.03. The van der Waals surface area contributed by atoms with Gasteiger partial charge in [-0.3, -0.25) is 4.79 Å². The van der Waals surface area contributed by atoms with Gasteiger partial charge in [-0.2, -0.15) is 0 Å². The number of amides is 1. The minimum atomic E-state index is -1.21. The summed E-state index contributed by atoms with van der Waals surface area (Å²) in [6.07, 6.45) is 1.98. The average Bonchev–Trinajstić information content (AvgIpc) is 2.96. The summed E-state index contributed by atoms with van der Waals surface area (Å²) >= 11 is 0. The van der Waals surface area contributed by atoms with E-state index >= 15 is 0 Å². The number of nitrogens with one attached hydrogen (secondary N) is 1. The van der Waals surface area contributed by atoms with E-state index in [9.17, 15) is 9.90 Å². The maximum atomic E-state index is 11.9. The predicted octanol–water partition coefficient (Wildman–Crippen LogP) is 1.03. The molecular weight excluding hydrogens is 234 g/mol. The summed E-state index contributed by atoms with van der Waals surface area (Å²) < 4.78 is 10.5. The fourth-order valence-corrected chi connectivity index (χ4v) is 2.06. The van der Waals surface area contributed by atoms with E-state index in [1.54, 1.807) is 19.1 Å². The number of rotatable bonds is 4. The maximum Gasteiger partial charge on any atom is 0.249 e. The Morgan fingerprint density at radius 1 is 1.67 bits per heavy atom. The maximum absolute atomic E-state index is 11.9. The largest absolute Gasteiger partial charge is 0.466 e. The summed E-state index contributed by atoms with van der Waals surface area (Å²) in [4.78, 5) is 11.9. The van der Waals surface area contributed by atoms with E-state index in [1.807, 2.05) is 6.92 Å². The highest BCUT2D eigenvalue weighted by atomic mass is 16.5. The van der Waals surface area contributed by atoms with Crippen LogP contribution in [0.3, 0.4) is 0 Å². The van der Waals surface area contributed by atoms with Crippen molar-refractivity contribution >= 4 is 5.91 Å². The highest BCUT2D eigenvalue weighted by Gasteiger charge is 2.33. The molecule has 0 spiro atoms. The van der Waals surface area contributed by atoms with Crippen LogP contribution in [0.4, 0.5) is 0 Å². The molecule has 2 rings (SSSR count). The van der Waals surface area contributed by atoms with Crippen LogP contribution < -0.4 is 5.32 Å². The first kappa shape index (κ1) is 13.1. The van der Waals surface area contributed by atoms with Crippen molar-refractivity contribution in [3.8, 4) is 0 Å². The second-order valence-electron chi connectivity index (χ2n) is 5.03. The lowest BCUT2D eigenvalue weighted by atomic mass is 10.0. The van der Waals surface area contributed by atoms with Crippen LogP contribution in [0.25, 0.3) is 0 Å². The highest BCUT2D eigenvalue weighted by molar-refractivity contribution is 5.81. The quantitative estimate of drug-likeness (QED) is 0.840. The van der Waals surface area contributed by atoms with Gasteiger partial charge in [0.25, 0.3) is 0 Å². The summed E-state index contributed by atoms with van der Waals surface area (Å²) in [5.74, 6) is 0.480. The first-order valence-corrected chi connectivity index (χ1v) is 6.16. The molecule has 1 saturated heterocycles. The number of hydrogen-bond acceptors (Lipinski definition) is 4. The molecule has 2 heterocycles. The summed E-state index contributed by atoms with van der Waals surface area (Å²) in [6, 6.07) is 3.38. The fourth-order valence-electron chi connectivity index (χ4n) is 2.06. The molecule has 1 aromatic rings. The molecule has 3 atom stereocenters. The van der Waals surface area contributed by atoms with Gasteiger partial charge in [0.15, 0.2) is 0 Å². The number of furan rings is 1. The van der Waals surface area contributed by atoms with Crippen molar-refractivity contribution in [2.45, 2.75) is 32.0 Å². The normalized spacial score (nSPS) is 26.8. The first-order valence-electron chi connectivity index (χ1n) is 6.16. The molecule has 1 fully saturated rings. The van der Waals surface area contributed by atoms with Crippen LogP contribution in [-0.4, -0.2) is 30.3 Å². The van der Waals surface area contributed by atoms with E-state index < -0.39 is 11.7 Å². The molecule has 2 N–H and O–H groups in total. The van der Waals surface area contributed by atoms with Gasteiger partial charge >= 0.3 is 0 Å². The van der Waals surface area contributed by atoms with E-state index in [0.29, 0.717) is 12.4 Å². The summed E-state index contributed by atoms with van der Waals surface area (Å²) in [5, 5.41) is 12.9. The Balaban J connectivity index is 1.89. The molecule has 3 unspecified atom stereocenters. The summed E-state index contributed by atoms with van der Waals surface area (Å²) in [7, 11) is 0. The summed E-state index contributed by atoms with van der Waals surface area (Å²) in [6.45, 7) is 4.31. The Labute approximate surface area is 106 Å². The van der Waals surface area contributed by atoms with Crippen molar-refractivity contribution in [1.82, 2.24) is 5.32 Å². The molecule has 18 heavy (non-hydrogen) atoms. The van der Waals surface area contributed by atoms with E-state index in [4.69, 9.17) is 9.15 Å². The Kier molecular flexibility index (Phi) is 3.73. The van der Waals surface area contributed by atoms with Crippen LogP contribution in [-0.2, 0) is 15.1 Å². The molecular formula is C13H19NO4. The minimum absolute atomic E-state index is 0.103. The fraction of sp³-hybridized carbons (Fsp3) is 0.615. The third kappa shape index (κ3) is 2.73. The van der Waals surface area contributed by atoms with Gasteiger partial charge in [0, 0.05) is 6.61 Å². The van der Waals surface area contributed by atoms with Crippen molar-refractivity contribution in [3.05, 3.63) is 24.2 Å². The predicted molar refractivity (Wildman–Crippen MR) is 64.8 cm³/mol. The molecule has 0 aromatic carbocycles. The molecule has 0 saturated carbocycles. The van der Waals surface area contributed by atoms with E-state index in [2.05, 4.69) is 5.32 Å². The van der Waals surface area contributed by atoms with Crippen LogP contribution in [0.2, 0.25) is 0 Å². The smallest absolute Gasteiger partial charge is 0.249 e. The van der Waals surface area contributed by atoms with Crippen molar-refractivity contribution < 1.29 is 19.1 Å². The molecule has 1 amide bonds. The number of aliphatic hydroxyl groups is 1. The molecule has 0 radical (unpaired) electrons. The van der Waals surface area contributed by atoms with Crippen LogP contribution in [0.1, 0.15) is 26.0 Å². The zero-order valence-corrected chi connectivity index (χ0v) is 10.7. The molecule has 1 aromatic heterocycles. The van der Waals surface area contributed by atoms with Crippen LogP contribution >= 0.6 is 0 Å². The van der Waals surface area contributed by atoms with E-state index in [-0.39, 0.29) is 18.4 Å². The Morgan fingerprint density at radius 2 is 2.44 bits per heavy atom. The van der Waals surface area contributed by atoms with Crippen molar-refractivity contribution in [1.29, 1.82) is 0 Å². The molecule has 1 aliphatic heterocycles. The van der Waals surface area contributed by atoms with Gasteiger partial charge in [0.05, 0.1) is 12.8 Å². The van der Waals surface area contributed by atoms with Gasteiger partial charge in [-0.15, -0.1) is 0 Å². The van der Waals surface area contributed by atoms with E-state index in [1.165, 1.54) is 6.26 Å². The van der Waals surface area contributed by atoms with Crippen molar-refractivity contribution in [2.75, 3.05) is 13.2 Å². The van der Waals surface area contributed by atoms with Gasteiger partial charge in [0.2, 0.25) is 5.91 Å². The van der Waals surface area contributed by atoms with Gasteiger partial charge < -0.3 is 19.6 Å². The number of ether oxygens (including phenoxy) is 1. The Hall–Kier alpha value is -1.33. The standard InChI is InChI=1S/C13H19NO4/c1-9-5-7-18-11(9)12(15)14-8-13(2,16)10-4-3-6-17-10/h3-4,6,9,11,16H,5,7-8H2,1-2H3,(H,14,15). The number of carbonyl (C=O) groups is 1. The van der Waals surface area contributed by atoms with E-state index in [0.717, 1.165) is 6.42 Å². The second kappa shape index (κ2) is 5.12. The third-order valence-corrected chi connectivity index (χ3v) is 3.30. The van der Waals surface area contributed by atoms with Gasteiger partial charge in [-0.1, -0.05) is 6.92 Å². The highest BCUT2D eigenvalue weighted by Crippen LogP contribution is 2.22. The third-order valence-electron chi connectivity index (χ3n) is 3.30. The topological polar surface area (TPSA) is 71.7 Å². The Morgan fingerprint density at radius 3 is 3.00 bits per heavy atom. The lowest BCUT2D eigenvalue weighted by Crippen LogP contribution is -2.44. The Bertz CT molecular complexity index is 399.